The lowest BCUT2D eigenvalue weighted by Crippen LogP contribution is -2.24. The highest BCUT2D eigenvalue weighted by atomic mass is 32.2. The van der Waals surface area contributed by atoms with Crippen LogP contribution in [0.15, 0.2) is 29.2 Å². The second-order valence-electron chi connectivity index (χ2n) is 2.75. The van der Waals surface area contributed by atoms with Gasteiger partial charge in [0.1, 0.15) is 0 Å². The maximum atomic E-state index is 2.29. The molecular formula is C8H9BS. The van der Waals surface area contributed by atoms with E-state index in [9.17, 15) is 0 Å². The van der Waals surface area contributed by atoms with Gasteiger partial charge >= 0.3 is 0 Å². The molecule has 0 aromatic heterocycles. The average molecular weight is 148 g/mol. The largest absolute Gasteiger partial charge is 0.184 e. The predicted octanol–water partition coefficient (Wildman–Crippen LogP) is 1.66. The van der Waals surface area contributed by atoms with Crippen molar-refractivity contribution in [2.75, 3.05) is 5.65 Å². The molecule has 0 unspecified atom stereocenters. The second kappa shape index (κ2) is 2.35. The van der Waals surface area contributed by atoms with Crippen molar-refractivity contribution in [2.45, 2.75) is 11.7 Å². The standard InChI is InChI=1S/C8H9BS/c1-9-6-10-8-5-3-2-4-7(8)9/h2-5H,6H2,1H3. The molecule has 1 aromatic carbocycles. The van der Waals surface area contributed by atoms with E-state index in [1.165, 1.54) is 16.0 Å². The van der Waals surface area contributed by atoms with Crippen molar-refractivity contribution < 1.29 is 0 Å². The zero-order valence-corrected chi connectivity index (χ0v) is 6.82. The van der Waals surface area contributed by atoms with E-state index in [0.29, 0.717) is 0 Å². The molecule has 0 amide bonds. The van der Waals surface area contributed by atoms with E-state index < -0.39 is 0 Å². The molecule has 0 aliphatic carbocycles. The minimum Gasteiger partial charge on any atom is -0.134 e. The zero-order chi connectivity index (χ0) is 6.97. The van der Waals surface area contributed by atoms with Crippen molar-refractivity contribution in [2.24, 2.45) is 0 Å². The van der Waals surface area contributed by atoms with Crippen LogP contribution < -0.4 is 5.46 Å². The van der Waals surface area contributed by atoms with E-state index in [-0.39, 0.29) is 0 Å². The van der Waals surface area contributed by atoms with Gasteiger partial charge in [0.25, 0.3) is 0 Å². The van der Waals surface area contributed by atoms with Crippen LogP contribution >= 0.6 is 11.8 Å². The first-order valence-corrected chi connectivity index (χ1v) is 4.58. The fraction of sp³-hybridized carbons (Fsp3) is 0.250. The van der Waals surface area contributed by atoms with Gasteiger partial charge in [-0.1, -0.05) is 30.5 Å². The Bertz CT molecular complexity index is 247. The summed E-state index contributed by atoms with van der Waals surface area (Å²) in [6.07, 6.45) is 0. The summed E-state index contributed by atoms with van der Waals surface area (Å²) in [7, 11) is 0. The molecule has 1 aromatic rings. The van der Waals surface area contributed by atoms with E-state index in [4.69, 9.17) is 0 Å². The van der Waals surface area contributed by atoms with Crippen molar-refractivity contribution in [3.8, 4) is 0 Å². The van der Waals surface area contributed by atoms with Gasteiger partial charge in [-0.3, -0.25) is 0 Å². The number of hydrogen-bond acceptors (Lipinski definition) is 1. The van der Waals surface area contributed by atoms with Gasteiger partial charge in [-0.05, 0) is 11.7 Å². The molecule has 0 bridgehead atoms. The molecule has 0 nitrogen and oxygen atoms in total. The van der Waals surface area contributed by atoms with Gasteiger partial charge in [-0.15, -0.1) is 11.8 Å². The van der Waals surface area contributed by atoms with Crippen LogP contribution in [0.1, 0.15) is 0 Å². The first kappa shape index (κ1) is 6.35. The first-order valence-electron chi connectivity index (χ1n) is 3.59. The fourth-order valence-electron chi connectivity index (χ4n) is 1.32. The molecule has 10 heavy (non-hydrogen) atoms. The topological polar surface area (TPSA) is 0 Å². The molecule has 2 rings (SSSR count). The summed E-state index contributed by atoms with van der Waals surface area (Å²) in [5, 5.41) is 0. The van der Waals surface area contributed by atoms with Crippen LogP contribution in [-0.4, -0.2) is 12.4 Å². The zero-order valence-electron chi connectivity index (χ0n) is 6.00. The van der Waals surface area contributed by atoms with Crippen LogP contribution in [0.4, 0.5) is 0 Å². The normalized spacial score (nSPS) is 15.5. The number of fused-ring (bicyclic) bond motifs is 1. The number of thioether (sulfide) groups is 1. The molecule has 0 saturated heterocycles. The Morgan fingerprint density at radius 1 is 1.40 bits per heavy atom. The van der Waals surface area contributed by atoms with Crippen LogP contribution in [0.5, 0.6) is 0 Å². The second-order valence-corrected chi connectivity index (χ2v) is 3.81. The summed E-state index contributed by atoms with van der Waals surface area (Å²) < 4.78 is 0. The number of hydrogen-bond donors (Lipinski definition) is 0. The monoisotopic (exact) mass is 148 g/mol. The van der Waals surface area contributed by atoms with Gasteiger partial charge in [0.15, 0.2) is 6.71 Å². The van der Waals surface area contributed by atoms with Crippen LogP contribution in [0, 0.1) is 0 Å². The van der Waals surface area contributed by atoms with E-state index in [1.54, 1.807) is 0 Å². The fourth-order valence-corrected chi connectivity index (χ4v) is 2.54. The molecule has 0 radical (unpaired) electrons. The maximum Gasteiger partial charge on any atom is 0.184 e. The van der Waals surface area contributed by atoms with Gasteiger partial charge < -0.3 is 0 Å². The highest BCUT2D eigenvalue weighted by Crippen LogP contribution is 2.22. The van der Waals surface area contributed by atoms with Crippen molar-refractivity contribution in [3.63, 3.8) is 0 Å². The molecule has 50 valence electrons. The third-order valence-corrected chi connectivity index (χ3v) is 3.29. The summed E-state index contributed by atoms with van der Waals surface area (Å²) in [6.45, 7) is 3.06. The van der Waals surface area contributed by atoms with Crippen LogP contribution in [0.25, 0.3) is 0 Å². The minimum absolute atomic E-state index is 0.765. The Morgan fingerprint density at radius 2 is 2.20 bits per heavy atom. The molecule has 1 heterocycles. The molecule has 0 spiro atoms. The Kier molecular flexibility index (Phi) is 1.49. The third kappa shape index (κ3) is 0.872. The minimum atomic E-state index is 0.765. The SMILES string of the molecule is CB1CSc2ccccc21. The van der Waals surface area contributed by atoms with E-state index in [0.717, 1.165) is 6.71 Å². The lowest BCUT2D eigenvalue weighted by atomic mass is 9.49. The maximum absolute atomic E-state index is 2.29. The van der Waals surface area contributed by atoms with Crippen LogP contribution in [-0.2, 0) is 0 Å². The van der Waals surface area contributed by atoms with Crippen LogP contribution in [0.3, 0.4) is 0 Å². The Balaban J connectivity index is 2.51. The van der Waals surface area contributed by atoms with Gasteiger partial charge in [0.2, 0.25) is 0 Å². The summed E-state index contributed by atoms with van der Waals surface area (Å²) >= 11 is 1.98. The lowest BCUT2D eigenvalue weighted by molar-refractivity contribution is 1.54. The van der Waals surface area contributed by atoms with Crippen molar-refractivity contribution in [1.82, 2.24) is 0 Å². The Labute approximate surface area is 66.1 Å². The van der Waals surface area contributed by atoms with Crippen molar-refractivity contribution in [1.29, 1.82) is 0 Å². The molecule has 0 N–H and O–H groups in total. The first-order chi connectivity index (χ1) is 4.88. The molecule has 2 heteroatoms. The van der Waals surface area contributed by atoms with Crippen molar-refractivity contribution in [3.05, 3.63) is 24.3 Å². The van der Waals surface area contributed by atoms with Gasteiger partial charge in [0, 0.05) is 4.90 Å². The summed E-state index contributed by atoms with van der Waals surface area (Å²) in [5.41, 5.74) is 2.80. The van der Waals surface area contributed by atoms with E-state index in [1.807, 2.05) is 11.8 Å². The Morgan fingerprint density at radius 3 is 3.00 bits per heavy atom. The summed E-state index contributed by atoms with van der Waals surface area (Å²) in [4.78, 5) is 1.48. The average Bonchev–Trinajstić information content (AvgIpc) is 2.34. The van der Waals surface area contributed by atoms with Crippen molar-refractivity contribution >= 4 is 23.9 Å². The Hall–Kier alpha value is -0.365. The third-order valence-electron chi connectivity index (χ3n) is 1.94. The quantitative estimate of drug-likeness (QED) is 0.504. The van der Waals surface area contributed by atoms with E-state index in [2.05, 4.69) is 31.1 Å². The molecular weight excluding hydrogens is 139 g/mol. The van der Waals surface area contributed by atoms with Gasteiger partial charge in [0.05, 0.1) is 0 Å². The molecule has 0 saturated carbocycles. The molecule has 1 aliphatic heterocycles. The van der Waals surface area contributed by atoms with Gasteiger partial charge in [-0.25, -0.2) is 0 Å². The number of benzene rings is 1. The lowest BCUT2D eigenvalue weighted by Gasteiger charge is -1.96. The predicted molar refractivity (Wildman–Crippen MR) is 48.4 cm³/mol. The van der Waals surface area contributed by atoms with Crippen LogP contribution in [0.2, 0.25) is 6.82 Å². The van der Waals surface area contributed by atoms with E-state index >= 15 is 0 Å². The number of rotatable bonds is 0. The highest BCUT2D eigenvalue weighted by molar-refractivity contribution is 8.01. The molecule has 0 fully saturated rings. The highest BCUT2D eigenvalue weighted by Gasteiger charge is 2.20. The van der Waals surface area contributed by atoms with Gasteiger partial charge in [-0.2, -0.15) is 0 Å². The molecule has 1 aliphatic rings. The molecule has 0 atom stereocenters. The smallest absolute Gasteiger partial charge is 0.134 e. The summed E-state index contributed by atoms with van der Waals surface area (Å²) in [6, 6.07) is 8.69. The summed E-state index contributed by atoms with van der Waals surface area (Å²) in [5.74, 6) is 0.